The number of carbonyl (C=O) groups excluding carboxylic acids is 1. The van der Waals surface area contributed by atoms with E-state index in [1.807, 2.05) is 5.32 Å². The van der Waals surface area contributed by atoms with Crippen LogP contribution in [0.3, 0.4) is 0 Å². The van der Waals surface area contributed by atoms with Crippen molar-refractivity contribution in [3.8, 4) is 0 Å². The first-order valence-corrected chi connectivity index (χ1v) is 5.01. The summed E-state index contributed by atoms with van der Waals surface area (Å²) in [5, 5.41) is 21.1. The highest BCUT2D eigenvalue weighted by molar-refractivity contribution is 5.95. The summed E-state index contributed by atoms with van der Waals surface area (Å²) in [5.74, 6) is -2.16. The van der Waals surface area contributed by atoms with Crippen molar-refractivity contribution in [1.82, 2.24) is 5.32 Å². The van der Waals surface area contributed by atoms with Crippen molar-refractivity contribution in [2.24, 2.45) is 0 Å². The van der Waals surface area contributed by atoms with Crippen LogP contribution in [0.25, 0.3) is 0 Å². The lowest BCUT2D eigenvalue weighted by atomic mass is 10.1. The number of hydrogen-bond acceptors (Lipinski definition) is 4. The van der Waals surface area contributed by atoms with Gasteiger partial charge in [-0.05, 0) is 6.07 Å². The molecule has 2 N–H and O–H groups in total. The summed E-state index contributed by atoms with van der Waals surface area (Å²) >= 11 is 0. The van der Waals surface area contributed by atoms with Crippen LogP contribution >= 0.6 is 0 Å². The Bertz CT molecular complexity index is 496. The van der Waals surface area contributed by atoms with E-state index in [-0.39, 0.29) is 0 Å². The Balaban J connectivity index is 2.82. The largest absolute Gasteiger partial charge is 0.385 e. The number of hydrogen-bond donors (Lipinski definition) is 2. The number of nitrogens with one attached hydrogen (secondary N) is 1. The highest BCUT2D eigenvalue weighted by Crippen LogP contribution is 2.16. The minimum Gasteiger partial charge on any atom is -0.385 e. The Morgan fingerprint density at radius 1 is 1.47 bits per heavy atom. The smallest absolute Gasteiger partial charge is 0.270 e. The van der Waals surface area contributed by atoms with Gasteiger partial charge in [-0.3, -0.25) is 14.9 Å². The van der Waals surface area contributed by atoms with E-state index in [1.165, 1.54) is 0 Å². The number of nitrogens with zero attached hydrogens (tertiary/aromatic N) is 1. The van der Waals surface area contributed by atoms with Crippen LogP contribution in [0.4, 0.5) is 18.9 Å². The fourth-order valence-electron chi connectivity index (χ4n) is 1.18. The van der Waals surface area contributed by atoms with Crippen molar-refractivity contribution in [3.63, 3.8) is 0 Å². The highest BCUT2D eigenvalue weighted by Gasteiger charge is 2.20. The zero-order valence-electron chi connectivity index (χ0n) is 9.35. The van der Waals surface area contributed by atoms with Gasteiger partial charge in [0.2, 0.25) is 0 Å². The van der Waals surface area contributed by atoms with Crippen molar-refractivity contribution in [1.29, 1.82) is 0 Å². The van der Waals surface area contributed by atoms with Gasteiger partial charge in [0, 0.05) is 18.7 Å². The topological polar surface area (TPSA) is 92.5 Å². The average molecular weight is 278 g/mol. The second-order valence-corrected chi connectivity index (χ2v) is 3.53. The summed E-state index contributed by atoms with van der Waals surface area (Å²) in [4.78, 5) is 21.1. The van der Waals surface area contributed by atoms with Gasteiger partial charge in [-0.15, -0.1) is 0 Å². The third-order valence-electron chi connectivity index (χ3n) is 2.17. The number of benzene rings is 1. The van der Waals surface area contributed by atoms with Crippen molar-refractivity contribution in [3.05, 3.63) is 39.7 Å². The number of nitro groups is 1. The summed E-state index contributed by atoms with van der Waals surface area (Å²) in [6.45, 7) is -0.793. The maximum Gasteiger partial charge on any atom is 0.270 e. The molecule has 9 heteroatoms. The van der Waals surface area contributed by atoms with Gasteiger partial charge in [-0.2, -0.15) is 0 Å². The lowest BCUT2D eigenvalue weighted by Gasteiger charge is -2.10. The molecule has 0 heterocycles. The number of amides is 1. The van der Waals surface area contributed by atoms with Crippen molar-refractivity contribution in [2.45, 2.75) is 12.5 Å². The first-order chi connectivity index (χ1) is 8.82. The van der Waals surface area contributed by atoms with Gasteiger partial charge in [0.15, 0.2) is 0 Å². The molecular formula is C10H9F3N2O4. The van der Waals surface area contributed by atoms with Gasteiger partial charge in [0.25, 0.3) is 18.0 Å². The lowest BCUT2D eigenvalue weighted by Crippen LogP contribution is -2.36. The van der Waals surface area contributed by atoms with Crippen LogP contribution in [-0.2, 0) is 0 Å². The van der Waals surface area contributed by atoms with Crippen LogP contribution in [0.5, 0.6) is 0 Å². The number of aliphatic hydroxyl groups excluding tert-OH is 1. The average Bonchev–Trinajstić information content (AvgIpc) is 2.35. The maximum atomic E-state index is 13.3. The van der Waals surface area contributed by atoms with Crippen LogP contribution in [0.2, 0.25) is 0 Å². The Morgan fingerprint density at radius 2 is 2.11 bits per heavy atom. The molecule has 1 unspecified atom stereocenters. The molecule has 1 aromatic carbocycles. The number of rotatable bonds is 5. The molecule has 1 atom stereocenters. The number of alkyl halides is 2. The van der Waals surface area contributed by atoms with Crippen molar-refractivity contribution < 1.29 is 28.0 Å². The minimum atomic E-state index is -3.06. The summed E-state index contributed by atoms with van der Waals surface area (Å²) in [5.41, 5.74) is -1.17. The van der Waals surface area contributed by atoms with Gasteiger partial charge < -0.3 is 10.4 Å². The zero-order valence-corrected chi connectivity index (χ0v) is 9.35. The molecule has 0 fully saturated rings. The Morgan fingerprint density at radius 3 is 2.63 bits per heavy atom. The number of nitro benzene ring substituents is 1. The number of carbonyl (C=O) groups is 1. The number of aliphatic hydroxyl groups is 1. The van der Waals surface area contributed by atoms with Crippen molar-refractivity contribution >= 4 is 11.6 Å². The summed E-state index contributed by atoms with van der Waals surface area (Å²) < 4.78 is 37.2. The first-order valence-electron chi connectivity index (χ1n) is 5.01. The first kappa shape index (κ1) is 14.9. The van der Waals surface area contributed by atoms with E-state index >= 15 is 0 Å². The minimum absolute atomic E-state index is 0.513. The van der Waals surface area contributed by atoms with E-state index in [9.17, 15) is 28.1 Å². The molecule has 0 radical (unpaired) electrons. The third-order valence-corrected chi connectivity index (χ3v) is 2.17. The van der Waals surface area contributed by atoms with E-state index in [0.717, 1.165) is 12.1 Å². The molecule has 1 amide bonds. The van der Waals surface area contributed by atoms with Crippen LogP contribution in [-0.4, -0.2) is 35.0 Å². The molecule has 0 aliphatic rings. The molecule has 1 rings (SSSR count). The quantitative estimate of drug-likeness (QED) is 0.623. The fraction of sp³-hybridized carbons (Fsp3) is 0.300. The Labute approximate surface area is 105 Å². The maximum absolute atomic E-state index is 13.3. The van der Waals surface area contributed by atoms with E-state index in [4.69, 9.17) is 5.11 Å². The van der Waals surface area contributed by atoms with Crippen LogP contribution in [0.1, 0.15) is 10.4 Å². The number of halogens is 3. The van der Waals surface area contributed by atoms with E-state index in [0.29, 0.717) is 6.07 Å². The summed E-state index contributed by atoms with van der Waals surface area (Å²) in [6.07, 6.45) is -5.15. The van der Waals surface area contributed by atoms with E-state index in [2.05, 4.69) is 0 Å². The predicted octanol–water partition coefficient (Wildman–Crippen LogP) is 1.09. The summed E-state index contributed by atoms with van der Waals surface area (Å²) in [6, 6.07) is 2.26. The van der Waals surface area contributed by atoms with Gasteiger partial charge in [0.05, 0.1) is 10.5 Å². The van der Waals surface area contributed by atoms with Crippen LogP contribution in [0, 0.1) is 15.9 Å². The molecule has 6 nitrogen and oxygen atoms in total. The van der Waals surface area contributed by atoms with Gasteiger partial charge >= 0.3 is 0 Å². The monoisotopic (exact) mass is 278 g/mol. The molecule has 0 aliphatic heterocycles. The highest BCUT2D eigenvalue weighted by atomic mass is 19.3. The predicted molar refractivity (Wildman–Crippen MR) is 57.4 cm³/mol. The van der Waals surface area contributed by atoms with E-state index in [1.54, 1.807) is 0 Å². The van der Waals surface area contributed by atoms with Gasteiger partial charge in [0.1, 0.15) is 11.9 Å². The standard InChI is InChI=1S/C10H9F3N2O4/c11-7-2-1-5(15(18)19)3-6(7)10(17)14-4-8(16)9(12)13/h1-3,8-9,16H,4H2,(H,14,17). The molecule has 19 heavy (non-hydrogen) atoms. The second-order valence-electron chi connectivity index (χ2n) is 3.53. The van der Waals surface area contributed by atoms with E-state index < -0.39 is 47.0 Å². The normalized spacial score (nSPS) is 12.3. The van der Waals surface area contributed by atoms with Gasteiger partial charge in [-0.25, -0.2) is 13.2 Å². The molecule has 0 aliphatic carbocycles. The second kappa shape index (κ2) is 6.14. The molecule has 0 saturated heterocycles. The van der Waals surface area contributed by atoms with Crippen LogP contribution in [0.15, 0.2) is 18.2 Å². The Hall–Kier alpha value is -2.16. The molecule has 104 valence electrons. The van der Waals surface area contributed by atoms with Gasteiger partial charge in [-0.1, -0.05) is 0 Å². The summed E-state index contributed by atoms with van der Waals surface area (Å²) in [7, 11) is 0. The number of non-ortho nitro benzene ring substituents is 1. The molecule has 0 saturated carbocycles. The molecular weight excluding hydrogens is 269 g/mol. The van der Waals surface area contributed by atoms with Crippen molar-refractivity contribution in [2.75, 3.05) is 6.54 Å². The molecule has 0 spiro atoms. The molecule has 0 aromatic heterocycles. The lowest BCUT2D eigenvalue weighted by molar-refractivity contribution is -0.384. The molecule has 1 aromatic rings. The fourth-order valence-corrected chi connectivity index (χ4v) is 1.18. The third kappa shape index (κ3) is 3.91. The molecule has 0 bridgehead atoms. The SMILES string of the molecule is O=C(NCC(O)C(F)F)c1cc([N+](=O)[O-])ccc1F. The Kier molecular flexibility index (Phi) is 4.81. The van der Waals surface area contributed by atoms with Crippen LogP contribution < -0.4 is 5.32 Å². The zero-order chi connectivity index (χ0) is 14.6.